The van der Waals surface area contributed by atoms with E-state index in [1.54, 1.807) is 31.4 Å². The number of benzene rings is 2. The van der Waals surface area contributed by atoms with E-state index in [2.05, 4.69) is 0 Å². The quantitative estimate of drug-likeness (QED) is 0.532. The number of thioether (sulfide) groups is 1. The second-order valence-electron chi connectivity index (χ2n) is 6.20. The fraction of sp³-hybridized carbons (Fsp3) is 0.190. The molecule has 6 nitrogen and oxygen atoms in total. The number of carboxylic acids is 1. The van der Waals surface area contributed by atoms with Crippen LogP contribution in [-0.4, -0.2) is 46.5 Å². The number of nitrogens with zero attached hydrogens (tertiary/aromatic N) is 1. The lowest BCUT2D eigenvalue weighted by molar-refractivity contribution is -0.145. The summed E-state index contributed by atoms with van der Waals surface area (Å²) in [6.45, 7) is 0. The summed E-state index contributed by atoms with van der Waals surface area (Å²) < 4.78 is 10.8. The Morgan fingerprint density at radius 1 is 1.21 bits per heavy atom. The first-order valence-electron chi connectivity index (χ1n) is 8.70. The number of thiocarbonyl (C=S) groups is 1. The standard InChI is InChI=1S/C21H19NO5S2/c1-26-15-9-8-14(17(12-15)27-2)11-18-19(23)22(21(28)29-18)16(20(24)25)10-13-6-4-3-5-7-13/h3-9,11-12,16H,10H2,1-2H3,(H,24,25)/b18-11+/t16-/m0/s1. The van der Waals surface area contributed by atoms with Crippen molar-refractivity contribution < 1.29 is 24.2 Å². The maximum Gasteiger partial charge on any atom is 0.327 e. The predicted molar refractivity (Wildman–Crippen MR) is 116 cm³/mol. The van der Waals surface area contributed by atoms with E-state index in [9.17, 15) is 14.7 Å². The van der Waals surface area contributed by atoms with Crippen LogP contribution < -0.4 is 9.47 Å². The van der Waals surface area contributed by atoms with Crippen molar-refractivity contribution in [2.24, 2.45) is 0 Å². The zero-order chi connectivity index (χ0) is 21.0. The van der Waals surface area contributed by atoms with Crippen LogP contribution in [-0.2, 0) is 16.0 Å². The number of methoxy groups -OCH3 is 2. The van der Waals surface area contributed by atoms with E-state index in [1.165, 1.54) is 12.0 Å². The van der Waals surface area contributed by atoms with Gasteiger partial charge in [0.1, 0.15) is 21.9 Å². The van der Waals surface area contributed by atoms with Crippen LogP contribution in [0.4, 0.5) is 0 Å². The molecule has 0 spiro atoms. The van der Waals surface area contributed by atoms with Crippen molar-refractivity contribution in [3.63, 3.8) is 0 Å². The van der Waals surface area contributed by atoms with E-state index < -0.39 is 17.9 Å². The molecule has 29 heavy (non-hydrogen) atoms. The van der Waals surface area contributed by atoms with Gasteiger partial charge in [0.2, 0.25) is 0 Å². The van der Waals surface area contributed by atoms with Crippen molar-refractivity contribution in [1.82, 2.24) is 4.90 Å². The molecule has 0 aliphatic carbocycles. The smallest absolute Gasteiger partial charge is 0.327 e. The van der Waals surface area contributed by atoms with Gasteiger partial charge in [0, 0.05) is 18.1 Å². The highest BCUT2D eigenvalue weighted by molar-refractivity contribution is 8.26. The number of hydrogen-bond acceptors (Lipinski definition) is 6. The third kappa shape index (κ3) is 4.60. The number of carboxylic acid groups (broad SMARTS) is 1. The van der Waals surface area contributed by atoms with Gasteiger partial charge in [0.05, 0.1) is 19.1 Å². The lowest BCUT2D eigenvalue weighted by Gasteiger charge is -2.23. The molecular formula is C21H19NO5S2. The summed E-state index contributed by atoms with van der Waals surface area (Å²) >= 11 is 6.42. The minimum Gasteiger partial charge on any atom is -0.497 e. The Balaban J connectivity index is 1.90. The molecule has 1 aliphatic rings. The zero-order valence-electron chi connectivity index (χ0n) is 15.8. The van der Waals surface area contributed by atoms with Gasteiger partial charge in [-0.25, -0.2) is 4.79 Å². The van der Waals surface area contributed by atoms with Crippen molar-refractivity contribution in [3.05, 3.63) is 64.6 Å². The Morgan fingerprint density at radius 2 is 1.93 bits per heavy atom. The van der Waals surface area contributed by atoms with Crippen molar-refractivity contribution in [2.75, 3.05) is 14.2 Å². The first-order valence-corrected chi connectivity index (χ1v) is 9.93. The van der Waals surface area contributed by atoms with Crippen LogP contribution in [0.25, 0.3) is 6.08 Å². The van der Waals surface area contributed by atoms with E-state index in [4.69, 9.17) is 21.7 Å². The van der Waals surface area contributed by atoms with Gasteiger partial charge in [0.25, 0.3) is 5.91 Å². The van der Waals surface area contributed by atoms with Crippen molar-refractivity contribution >= 4 is 46.3 Å². The summed E-state index contributed by atoms with van der Waals surface area (Å²) in [5, 5.41) is 9.73. The summed E-state index contributed by atoms with van der Waals surface area (Å²) in [4.78, 5) is 26.4. The molecule has 0 unspecified atom stereocenters. The van der Waals surface area contributed by atoms with Crippen molar-refractivity contribution in [2.45, 2.75) is 12.5 Å². The summed E-state index contributed by atoms with van der Waals surface area (Å²) in [5.41, 5.74) is 1.48. The summed E-state index contributed by atoms with van der Waals surface area (Å²) in [5.74, 6) is -0.372. The van der Waals surface area contributed by atoms with E-state index in [-0.39, 0.29) is 10.7 Å². The average Bonchev–Trinajstić information content (AvgIpc) is 3.00. The molecule has 0 aromatic heterocycles. The average molecular weight is 430 g/mol. The first kappa shape index (κ1) is 20.9. The Morgan fingerprint density at radius 3 is 2.55 bits per heavy atom. The molecule has 150 valence electrons. The molecule has 1 fully saturated rings. The molecule has 0 bridgehead atoms. The van der Waals surface area contributed by atoms with E-state index >= 15 is 0 Å². The maximum atomic E-state index is 13.0. The molecule has 1 saturated heterocycles. The highest BCUT2D eigenvalue weighted by atomic mass is 32.2. The van der Waals surface area contributed by atoms with Crippen LogP contribution in [0.15, 0.2) is 53.4 Å². The van der Waals surface area contributed by atoms with Gasteiger partial charge < -0.3 is 14.6 Å². The minimum absolute atomic E-state index is 0.168. The maximum absolute atomic E-state index is 13.0. The monoisotopic (exact) mass is 429 g/mol. The Labute approximate surface area is 178 Å². The van der Waals surface area contributed by atoms with Crippen LogP contribution in [0.5, 0.6) is 11.5 Å². The molecule has 1 aliphatic heterocycles. The number of amides is 1. The second kappa shape index (κ2) is 9.11. The Kier molecular flexibility index (Phi) is 6.56. The van der Waals surface area contributed by atoms with Gasteiger partial charge in [-0.2, -0.15) is 0 Å². The molecule has 0 radical (unpaired) electrons. The number of aliphatic carboxylic acids is 1. The zero-order valence-corrected chi connectivity index (χ0v) is 17.5. The molecule has 1 heterocycles. The van der Waals surface area contributed by atoms with Crippen LogP contribution in [0.2, 0.25) is 0 Å². The molecule has 0 saturated carbocycles. The number of rotatable bonds is 7. The highest BCUT2D eigenvalue weighted by Gasteiger charge is 2.40. The lowest BCUT2D eigenvalue weighted by Crippen LogP contribution is -2.45. The van der Waals surface area contributed by atoms with Crippen molar-refractivity contribution in [1.29, 1.82) is 0 Å². The van der Waals surface area contributed by atoms with Crippen LogP contribution in [0.3, 0.4) is 0 Å². The summed E-state index contributed by atoms with van der Waals surface area (Å²) in [7, 11) is 3.08. The largest absolute Gasteiger partial charge is 0.497 e. The third-order valence-corrected chi connectivity index (χ3v) is 5.75. The Bertz CT molecular complexity index is 974. The Hall–Kier alpha value is -2.84. The number of ether oxygens (including phenoxy) is 2. The molecule has 1 atom stereocenters. The predicted octanol–water partition coefficient (Wildman–Crippen LogP) is 3.60. The second-order valence-corrected chi connectivity index (χ2v) is 7.88. The number of hydrogen-bond donors (Lipinski definition) is 1. The molecule has 2 aromatic carbocycles. The fourth-order valence-corrected chi connectivity index (χ4v) is 4.30. The molecule has 1 N–H and O–H groups in total. The van der Waals surface area contributed by atoms with Crippen LogP contribution >= 0.6 is 24.0 Å². The van der Waals surface area contributed by atoms with E-state index in [0.29, 0.717) is 22.0 Å². The summed E-state index contributed by atoms with van der Waals surface area (Å²) in [6.07, 6.45) is 1.82. The van der Waals surface area contributed by atoms with Gasteiger partial charge in [-0.3, -0.25) is 9.69 Å². The van der Waals surface area contributed by atoms with E-state index in [0.717, 1.165) is 17.3 Å². The SMILES string of the molecule is COc1ccc(/C=C2/SC(=S)N([C@@H](Cc3ccccc3)C(=O)O)C2=O)c(OC)c1. The number of carbonyl (C=O) groups is 2. The van der Waals surface area contributed by atoms with Crippen LogP contribution in [0, 0.1) is 0 Å². The van der Waals surface area contributed by atoms with Gasteiger partial charge in [-0.05, 0) is 23.8 Å². The van der Waals surface area contributed by atoms with Crippen LogP contribution in [0.1, 0.15) is 11.1 Å². The molecular weight excluding hydrogens is 410 g/mol. The summed E-state index contributed by atoms with van der Waals surface area (Å²) in [6, 6.07) is 13.3. The third-order valence-electron chi connectivity index (χ3n) is 4.42. The highest BCUT2D eigenvalue weighted by Crippen LogP contribution is 2.36. The normalized spacial score (nSPS) is 16.2. The molecule has 1 amide bonds. The molecule has 3 rings (SSSR count). The topological polar surface area (TPSA) is 76.1 Å². The number of carbonyl (C=O) groups excluding carboxylic acids is 1. The van der Waals surface area contributed by atoms with Gasteiger partial charge in [-0.15, -0.1) is 0 Å². The fourth-order valence-electron chi connectivity index (χ4n) is 2.95. The minimum atomic E-state index is -1.10. The molecule has 8 heteroatoms. The van der Waals surface area contributed by atoms with Gasteiger partial charge in [0.15, 0.2) is 0 Å². The van der Waals surface area contributed by atoms with Crippen molar-refractivity contribution in [3.8, 4) is 11.5 Å². The molecule has 2 aromatic rings. The van der Waals surface area contributed by atoms with E-state index in [1.807, 2.05) is 30.3 Å². The first-order chi connectivity index (χ1) is 13.9. The van der Waals surface area contributed by atoms with Gasteiger partial charge >= 0.3 is 5.97 Å². The lowest BCUT2D eigenvalue weighted by atomic mass is 10.0. The van der Waals surface area contributed by atoms with Gasteiger partial charge in [-0.1, -0.05) is 54.3 Å².